The van der Waals surface area contributed by atoms with Gasteiger partial charge < -0.3 is 10.1 Å². The Morgan fingerprint density at radius 2 is 2.33 bits per heavy atom. The van der Waals surface area contributed by atoms with Crippen LogP contribution in [0.1, 0.15) is 0 Å². The maximum Gasteiger partial charge on any atom is 0.141 e. The molecule has 0 amide bonds. The van der Waals surface area contributed by atoms with Crippen molar-refractivity contribution >= 4 is 15.9 Å². The molecule has 0 bridgehead atoms. The van der Waals surface area contributed by atoms with Crippen molar-refractivity contribution in [1.82, 2.24) is 5.32 Å². The Balaban J connectivity index is 2.32. The van der Waals surface area contributed by atoms with Gasteiger partial charge in [0.1, 0.15) is 18.2 Å². The number of hydrogen-bond donors (Lipinski definition) is 1. The van der Waals surface area contributed by atoms with Crippen LogP contribution in [0.4, 0.5) is 4.39 Å². The van der Waals surface area contributed by atoms with Gasteiger partial charge in [0.25, 0.3) is 0 Å². The van der Waals surface area contributed by atoms with E-state index in [9.17, 15) is 4.39 Å². The van der Waals surface area contributed by atoms with Gasteiger partial charge in [-0.25, -0.2) is 4.39 Å². The lowest BCUT2D eigenvalue weighted by molar-refractivity contribution is 0.315. The summed E-state index contributed by atoms with van der Waals surface area (Å²) in [5.74, 6) is 2.63. The highest BCUT2D eigenvalue weighted by Crippen LogP contribution is 2.20. The molecule has 1 N–H and O–H groups in total. The summed E-state index contributed by atoms with van der Waals surface area (Å²) in [6.07, 6.45) is 5.05. The van der Waals surface area contributed by atoms with Crippen molar-refractivity contribution in [3.63, 3.8) is 0 Å². The zero-order valence-electron chi connectivity index (χ0n) is 8.09. The van der Waals surface area contributed by atoms with Gasteiger partial charge in [-0.2, -0.15) is 0 Å². The first kappa shape index (κ1) is 12.0. The summed E-state index contributed by atoms with van der Waals surface area (Å²) in [4.78, 5) is 0. The fourth-order valence-electron chi connectivity index (χ4n) is 0.968. The first-order chi connectivity index (χ1) is 7.24. The minimum absolute atomic E-state index is 0.330. The van der Waals surface area contributed by atoms with E-state index in [0.29, 0.717) is 29.9 Å². The highest BCUT2D eigenvalue weighted by molar-refractivity contribution is 9.10. The standard InChI is InChI=1S/C11H11BrFNO/c1-2-5-14-6-7-15-9-3-4-10(12)11(13)8-9/h1,3-4,8,14H,5-7H2. The molecular formula is C11H11BrFNO. The molecule has 1 aromatic carbocycles. The molecule has 0 saturated heterocycles. The molecule has 0 unspecified atom stereocenters. The Morgan fingerprint density at radius 3 is 3.00 bits per heavy atom. The number of halogens is 2. The Bertz CT molecular complexity index is 362. The van der Waals surface area contributed by atoms with Gasteiger partial charge in [-0.1, -0.05) is 5.92 Å². The van der Waals surface area contributed by atoms with E-state index in [1.54, 1.807) is 12.1 Å². The molecule has 1 rings (SSSR count). The van der Waals surface area contributed by atoms with Crippen molar-refractivity contribution in [3.8, 4) is 18.1 Å². The highest BCUT2D eigenvalue weighted by Gasteiger charge is 2.00. The van der Waals surface area contributed by atoms with Crippen LogP contribution in [0.5, 0.6) is 5.75 Å². The van der Waals surface area contributed by atoms with E-state index in [2.05, 4.69) is 27.2 Å². The molecule has 0 aliphatic carbocycles. The molecule has 0 heterocycles. The van der Waals surface area contributed by atoms with Crippen molar-refractivity contribution < 1.29 is 9.13 Å². The van der Waals surface area contributed by atoms with Gasteiger partial charge in [0.15, 0.2) is 0 Å². The van der Waals surface area contributed by atoms with E-state index in [1.807, 2.05) is 0 Å². The molecule has 0 spiro atoms. The van der Waals surface area contributed by atoms with Crippen LogP contribution in [-0.4, -0.2) is 19.7 Å². The number of terminal acetylenes is 1. The van der Waals surface area contributed by atoms with Crippen LogP contribution >= 0.6 is 15.9 Å². The predicted octanol–water partition coefficient (Wildman–Crippen LogP) is 2.19. The van der Waals surface area contributed by atoms with E-state index in [4.69, 9.17) is 11.2 Å². The van der Waals surface area contributed by atoms with Crippen LogP contribution < -0.4 is 10.1 Å². The molecule has 0 fully saturated rings. The highest BCUT2D eigenvalue weighted by atomic mass is 79.9. The lowest BCUT2D eigenvalue weighted by Gasteiger charge is -2.06. The van der Waals surface area contributed by atoms with Crippen molar-refractivity contribution in [2.75, 3.05) is 19.7 Å². The normalized spacial score (nSPS) is 9.67. The molecule has 80 valence electrons. The summed E-state index contributed by atoms with van der Waals surface area (Å²) in [6.45, 7) is 1.61. The summed E-state index contributed by atoms with van der Waals surface area (Å²) in [5.41, 5.74) is 0. The Kier molecular flexibility index (Phi) is 5.16. The number of hydrogen-bond acceptors (Lipinski definition) is 2. The third-order valence-corrected chi connectivity index (χ3v) is 2.31. The zero-order valence-corrected chi connectivity index (χ0v) is 9.68. The largest absolute Gasteiger partial charge is 0.492 e. The van der Waals surface area contributed by atoms with E-state index in [-0.39, 0.29) is 5.82 Å². The lowest BCUT2D eigenvalue weighted by atomic mass is 10.3. The SMILES string of the molecule is C#CCNCCOc1ccc(Br)c(F)c1. The van der Waals surface area contributed by atoms with Gasteiger partial charge in [0, 0.05) is 12.6 Å². The molecule has 4 heteroatoms. The first-order valence-electron chi connectivity index (χ1n) is 4.46. The molecule has 0 radical (unpaired) electrons. The zero-order chi connectivity index (χ0) is 11.1. The van der Waals surface area contributed by atoms with E-state index >= 15 is 0 Å². The fourth-order valence-corrected chi connectivity index (χ4v) is 1.21. The van der Waals surface area contributed by atoms with Gasteiger partial charge in [-0.05, 0) is 28.1 Å². The van der Waals surface area contributed by atoms with Gasteiger partial charge in [0.2, 0.25) is 0 Å². The number of nitrogens with one attached hydrogen (secondary N) is 1. The second-order valence-electron chi connectivity index (χ2n) is 2.81. The minimum Gasteiger partial charge on any atom is -0.492 e. The molecule has 0 aromatic heterocycles. The maximum absolute atomic E-state index is 13.0. The van der Waals surface area contributed by atoms with E-state index < -0.39 is 0 Å². The summed E-state index contributed by atoms with van der Waals surface area (Å²) >= 11 is 3.07. The molecular weight excluding hydrogens is 261 g/mol. The third kappa shape index (κ3) is 4.32. The maximum atomic E-state index is 13.0. The Morgan fingerprint density at radius 1 is 1.53 bits per heavy atom. The second-order valence-corrected chi connectivity index (χ2v) is 3.66. The summed E-state index contributed by atoms with van der Waals surface area (Å²) < 4.78 is 18.8. The monoisotopic (exact) mass is 271 g/mol. The molecule has 0 aliphatic rings. The topological polar surface area (TPSA) is 21.3 Å². The average Bonchev–Trinajstić information content (AvgIpc) is 2.23. The van der Waals surface area contributed by atoms with Gasteiger partial charge in [0.05, 0.1) is 11.0 Å². The summed E-state index contributed by atoms with van der Waals surface area (Å²) in [7, 11) is 0. The third-order valence-electron chi connectivity index (χ3n) is 1.67. The number of ether oxygens (including phenoxy) is 1. The first-order valence-corrected chi connectivity index (χ1v) is 5.25. The summed E-state index contributed by atoms with van der Waals surface area (Å²) in [5, 5.41) is 2.97. The van der Waals surface area contributed by atoms with Crippen molar-refractivity contribution in [3.05, 3.63) is 28.5 Å². The average molecular weight is 272 g/mol. The minimum atomic E-state index is -0.330. The summed E-state index contributed by atoms with van der Waals surface area (Å²) in [6, 6.07) is 4.65. The Hall–Kier alpha value is -1.05. The smallest absolute Gasteiger partial charge is 0.141 e. The molecule has 1 aromatic rings. The van der Waals surface area contributed by atoms with E-state index in [0.717, 1.165) is 0 Å². The lowest BCUT2D eigenvalue weighted by Crippen LogP contribution is -2.21. The predicted molar refractivity (Wildman–Crippen MR) is 61.3 cm³/mol. The van der Waals surface area contributed by atoms with Crippen LogP contribution in [-0.2, 0) is 0 Å². The quantitative estimate of drug-likeness (QED) is 0.655. The van der Waals surface area contributed by atoms with Gasteiger partial charge in [-0.3, -0.25) is 0 Å². The van der Waals surface area contributed by atoms with E-state index in [1.165, 1.54) is 6.07 Å². The van der Waals surface area contributed by atoms with Crippen molar-refractivity contribution in [2.45, 2.75) is 0 Å². The number of benzene rings is 1. The molecule has 2 nitrogen and oxygen atoms in total. The van der Waals surface area contributed by atoms with Crippen LogP contribution in [0.15, 0.2) is 22.7 Å². The molecule has 0 atom stereocenters. The van der Waals surface area contributed by atoms with Crippen LogP contribution in [0.2, 0.25) is 0 Å². The molecule has 15 heavy (non-hydrogen) atoms. The van der Waals surface area contributed by atoms with Crippen molar-refractivity contribution in [2.24, 2.45) is 0 Å². The second kappa shape index (κ2) is 6.44. The Labute approximate surface area is 97.0 Å². The van der Waals surface area contributed by atoms with Crippen LogP contribution in [0.3, 0.4) is 0 Å². The fraction of sp³-hybridized carbons (Fsp3) is 0.273. The van der Waals surface area contributed by atoms with Gasteiger partial charge >= 0.3 is 0 Å². The molecule has 0 saturated carbocycles. The van der Waals surface area contributed by atoms with Crippen LogP contribution in [0, 0.1) is 18.2 Å². The molecule has 0 aliphatic heterocycles. The van der Waals surface area contributed by atoms with Gasteiger partial charge in [-0.15, -0.1) is 6.42 Å². The van der Waals surface area contributed by atoms with Crippen molar-refractivity contribution in [1.29, 1.82) is 0 Å². The van der Waals surface area contributed by atoms with Crippen LogP contribution in [0.25, 0.3) is 0 Å². The number of rotatable bonds is 5.